The van der Waals surface area contributed by atoms with Crippen LogP contribution >= 0.6 is 11.6 Å². The number of halogens is 1. The van der Waals surface area contributed by atoms with Crippen LogP contribution in [0.2, 0.25) is 5.02 Å². The Hall–Kier alpha value is -0.605. The molecule has 0 atom stereocenters. The second-order valence-corrected chi connectivity index (χ2v) is 3.39. The summed E-state index contributed by atoms with van der Waals surface area (Å²) in [6.07, 6.45) is 0. The SMILES string of the molecule is O=C(O)c1cc2ccccc2cc1Cl.[Hg]. The molecule has 2 aromatic carbocycles. The summed E-state index contributed by atoms with van der Waals surface area (Å²) < 4.78 is 0. The minimum atomic E-state index is -0.999. The van der Waals surface area contributed by atoms with Crippen molar-refractivity contribution in [2.75, 3.05) is 0 Å². The fraction of sp³-hybridized carbons (Fsp3) is 0. The number of carboxylic acids is 1. The van der Waals surface area contributed by atoms with Gasteiger partial charge in [0.25, 0.3) is 0 Å². The summed E-state index contributed by atoms with van der Waals surface area (Å²) in [6, 6.07) is 10.8. The minimum absolute atomic E-state index is 0. The molecule has 0 aromatic heterocycles. The van der Waals surface area contributed by atoms with Crippen LogP contribution in [0, 0.1) is 0 Å². The molecule has 0 unspecified atom stereocenters. The second-order valence-electron chi connectivity index (χ2n) is 2.98. The largest absolute Gasteiger partial charge is 0.478 e. The zero-order valence-corrected chi connectivity index (χ0v) is 14.2. The topological polar surface area (TPSA) is 37.3 Å². The molecule has 0 bridgehead atoms. The molecule has 0 spiro atoms. The van der Waals surface area contributed by atoms with E-state index in [9.17, 15) is 4.79 Å². The van der Waals surface area contributed by atoms with Crippen molar-refractivity contribution in [3.63, 3.8) is 0 Å². The van der Waals surface area contributed by atoms with Gasteiger partial charge in [-0.1, -0.05) is 35.9 Å². The number of carbonyl (C=O) groups is 1. The summed E-state index contributed by atoms with van der Waals surface area (Å²) in [5.41, 5.74) is 0.144. The Morgan fingerprint density at radius 2 is 1.67 bits per heavy atom. The van der Waals surface area contributed by atoms with E-state index in [4.69, 9.17) is 16.7 Å². The average molecular weight is 407 g/mol. The van der Waals surface area contributed by atoms with Gasteiger partial charge >= 0.3 is 5.97 Å². The third kappa shape index (κ3) is 2.50. The molecule has 0 aliphatic carbocycles. The molecule has 72 valence electrons. The molecule has 0 fully saturated rings. The van der Waals surface area contributed by atoms with Crippen molar-refractivity contribution in [3.8, 4) is 0 Å². The Labute approximate surface area is 112 Å². The van der Waals surface area contributed by atoms with Gasteiger partial charge in [-0.2, -0.15) is 0 Å². The van der Waals surface area contributed by atoms with Crippen molar-refractivity contribution in [2.45, 2.75) is 0 Å². The van der Waals surface area contributed by atoms with Crippen LogP contribution in [-0.2, 0) is 27.7 Å². The Bertz CT molecular complexity index is 511. The van der Waals surface area contributed by atoms with E-state index in [2.05, 4.69) is 0 Å². The Kier molecular flexibility index (Phi) is 4.11. The molecular formula is C11H7ClHgO2. The first kappa shape index (κ1) is 12.5. The molecule has 0 saturated heterocycles. The van der Waals surface area contributed by atoms with Crippen LogP contribution in [0.1, 0.15) is 10.4 Å². The summed E-state index contributed by atoms with van der Waals surface area (Å²) in [7, 11) is 0. The molecule has 0 aliphatic heterocycles. The standard InChI is InChI=1S/C11H7ClO2.Hg/c12-10-6-8-4-2-1-3-7(8)5-9(10)11(13)14;/h1-6H,(H,13,14);. The number of carboxylic acid groups (broad SMARTS) is 1. The Morgan fingerprint density at radius 1 is 1.13 bits per heavy atom. The fourth-order valence-electron chi connectivity index (χ4n) is 1.38. The normalized spacial score (nSPS) is 9.67. The van der Waals surface area contributed by atoms with Crippen molar-refractivity contribution in [3.05, 3.63) is 47.0 Å². The molecule has 1 N–H and O–H groups in total. The van der Waals surface area contributed by atoms with Gasteiger partial charge < -0.3 is 5.11 Å². The van der Waals surface area contributed by atoms with Crippen molar-refractivity contribution >= 4 is 28.3 Å². The molecule has 2 aromatic rings. The van der Waals surface area contributed by atoms with Crippen molar-refractivity contribution < 1.29 is 37.6 Å². The predicted molar refractivity (Wildman–Crippen MR) is 55.9 cm³/mol. The van der Waals surface area contributed by atoms with E-state index in [1.165, 1.54) is 0 Å². The molecule has 0 heterocycles. The van der Waals surface area contributed by atoms with Gasteiger partial charge in [-0.25, -0.2) is 4.79 Å². The Balaban J connectivity index is 0.00000112. The second kappa shape index (κ2) is 4.95. The summed E-state index contributed by atoms with van der Waals surface area (Å²) in [4.78, 5) is 10.8. The van der Waals surface area contributed by atoms with Crippen LogP contribution in [-0.4, -0.2) is 11.1 Å². The summed E-state index contributed by atoms with van der Waals surface area (Å²) in [5.74, 6) is -0.999. The molecule has 0 amide bonds. The van der Waals surface area contributed by atoms with Crippen LogP contribution in [0.15, 0.2) is 36.4 Å². The summed E-state index contributed by atoms with van der Waals surface area (Å²) >= 11 is 5.82. The maximum Gasteiger partial charge on any atom is 0.337 e. The van der Waals surface area contributed by atoms with Crippen LogP contribution in [0.5, 0.6) is 0 Å². The van der Waals surface area contributed by atoms with Gasteiger partial charge in [0.2, 0.25) is 0 Å². The summed E-state index contributed by atoms with van der Waals surface area (Å²) in [5, 5.41) is 10.9. The van der Waals surface area contributed by atoms with Gasteiger partial charge in [-0.05, 0) is 22.9 Å². The molecule has 4 heteroatoms. The quantitative estimate of drug-likeness (QED) is 0.738. The van der Waals surface area contributed by atoms with E-state index in [-0.39, 0.29) is 38.3 Å². The zero-order valence-electron chi connectivity index (χ0n) is 7.90. The molecule has 15 heavy (non-hydrogen) atoms. The minimum Gasteiger partial charge on any atom is -0.478 e. The number of fused-ring (bicyclic) bond motifs is 1. The van der Waals surface area contributed by atoms with Crippen molar-refractivity contribution in [1.29, 1.82) is 0 Å². The molecule has 0 saturated carbocycles. The van der Waals surface area contributed by atoms with E-state index in [0.717, 1.165) is 10.8 Å². The number of aromatic carboxylic acids is 1. The van der Waals surface area contributed by atoms with Gasteiger partial charge in [0.15, 0.2) is 0 Å². The van der Waals surface area contributed by atoms with E-state index < -0.39 is 5.97 Å². The molecule has 0 radical (unpaired) electrons. The first-order valence-electron chi connectivity index (χ1n) is 4.10. The molecule has 2 rings (SSSR count). The van der Waals surface area contributed by atoms with Gasteiger partial charge in [0, 0.05) is 27.7 Å². The van der Waals surface area contributed by atoms with E-state index in [1.807, 2.05) is 24.3 Å². The van der Waals surface area contributed by atoms with Crippen LogP contribution < -0.4 is 0 Å². The average Bonchev–Trinajstić information content (AvgIpc) is 2.16. The molecular weight excluding hydrogens is 400 g/mol. The third-order valence-corrected chi connectivity index (χ3v) is 2.38. The van der Waals surface area contributed by atoms with Gasteiger partial charge in [-0.3, -0.25) is 0 Å². The van der Waals surface area contributed by atoms with Crippen LogP contribution in [0.25, 0.3) is 10.8 Å². The van der Waals surface area contributed by atoms with Gasteiger partial charge in [0.1, 0.15) is 0 Å². The van der Waals surface area contributed by atoms with Crippen LogP contribution in [0.4, 0.5) is 0 Å². The fourth-order valence-corrected chi connectivity index (χ4v) is 1.63. The monoisotopic (exact) mass is 408 g/mol. The first-order chi connectivity index (χ1) is 6.68. The Morgan fingerprint density at radius 3 is 2.20 bits per heavy atom. The zero-order chi connectivity index (χ0) is 10.1. The number of rotatable bonds is 1. The maximum absolute atomic E-state index is 10.8. The smallest absolute Gasteiger partial charge is 0.337 e. The number of hydrogen-bond acceptors (Lipinski definition) is 1. The predicted octanol–water partition coefficient (Wildman–Crippen LogP) is 3.19. The summed E-state index contributed by atoms with van der Waals surface area (Å²) in [6.45, 7) is 0. The van der Waals surface area contributed by atoms with E-state index >= 15 is 0 Å². The van der Waals surface area contributed by atoms with Crippen LogP contribution in [0.3, 0.4) is 0 Å². The molecule has 0 aliphatic rings. The molecule has 2 nitrogen and oxygen atoms in total. The maximum atomic E-state index is 10.8. The van der Waals surface area contributed by atoms with Crippen molar-refractivity contribution in [1.82, 2.24) is 0 Å². The van der Waals surface area contributed by atoms with E-state index in [1.54, 1.807) is 12.1 Å². The number of hydrogen-bond donors (Lipinski definition) is 1. The number of benzene rings is 2. The van der Waals surface area contributed by atoms with Gasteiger partial charge in [0.05, 0.1) is 10.6 Å². The van der Waals surface area contributed by atoms with E-state index in [0.29, 0.717) is 0 Å². The van der Waals surface area contributed by atoms with Crippen molar-refractivity contribution in [2.24, 2.45) is 0 Å². The third-order valence-electron chi connectivity index (χ3n) is 2.07. The first-order valence-corrected chi connectivity index (χ1v) is 4.48. The van der Waals surface area contributed by atoms with Gasteiger partial charge in [-0.15, -0.1) is 0 Å².